The minimum absolute atomic E-state index is 0.647. The van der Waals surface area contributed by atoms with Crippen molar-refractivity contribution in [3.8, 4) is 0 Å². The number of aryl methyl sites for hydroxylation is 2. The van der Waals surface area contributed by atoms with Crippen molar-refractivity contribution in [2.75, 3.05) is 22.9 Å². The van der Waals surface area contributed by atoms with Gasteiger partial charge in [0.05, 0.1) is 11.9 Å². The van der Waals surface area contributed by atoms with E-state index in [4.69, 9.17) is 16.5 Å². The molecule has 0 bridgehead atoms. The van der Waals surface area contributed by atoms with Crippen LogP contribution in [-0.2, 0) is 25.8 Å². The predicted octanol–water partition coefficient (Wildman–Crippen LogP) is 3.69. The number of nitrogen functional groups attached to an aromatic ring is 2. The van der Waals surface area contributed by atoms with Crippen LogP contribution in [0.4, 0.5) is 17.2 Å². The van der Waals surface area contributed by atoms with Crippen LogP contribution in [0.15, 0.2) is 18.2 Å². The summed E-state index contributed by atoms with van der Waals surface area (Å²) in [5, 5.41) is 1.11. The summed E-state index contributed by atoms with van der Waals surface area (Å²) in [5.41, 5.74) is 17.3. The third-order valence-electron chi connectivity index (χ3n) is 5.60. The van der Waals surface area contributed by atoms with E-state index >= 15 is 0 Å². The van der Waals surface area contributed by atoms with Crippen LogP contribution in [0.3, 0.4) is 0 Å². The van der Waals surface area contributed by atoms with Gasteiger partial charge in [-0.3, -0.25) is 0 Å². The van der Waals surface area contributed by atoms with Gasteiger partial charge in [0.25, 0.3) is 0 Å². The molecule has 1 aliphatic heterocycles. The van der Waals surface area contributed by atoms with E-state index in [0.29, 0.717) is 12.4 Å². The fourth-order valence-electron chi connectivity index (χ4n) is 4.37. The molecule has 2 aliphatic rings. The molecule has 4 N–H and O–H groups in total. The Balaban J connectivity index is 1.52. The number of nitrogens with two attached hydrogens (primary N) is 2. The Bertz CT molecular complexity index is 994. The Labute approximate surface area is 157 Å². The highest BCUT2D eigenvalue weighted by Crippen LogP contribution is 2.38. The second kappa shape index (κ2) is 6.13. The van der Waals surface area contributed by atoms with Crippen LogP contribution < -0.4 is 16.4 Å². The second-order valence-electron chi connectivity index (χ2n) is 7.29. The van der Waals surface area contributed by atoms with Gasteiger partial charge in [0.2, 0.25) is 0 Å². The summed E-state index contributed by atoms with van der Waals surface area (Å²) >= 11 is 1.81. The zero-order valence-corrected chi connectivity index (χ0v) is 15.6. The summed E-state index contributed by atoms with van der Waals surface area (Å²) in [7, 11) is 0. The Kier molecular flexibility index (Phi) is 3.74. The van der Waals surface area contributed by atoms with E-state index in [1.165, 1.54) is 34.5 Å². The zero-order chi connectivity index (χ0) is 17.7. The van der Waals surface area contributed by atoms with Gasteiger partial charge in [0, 0.05) is 22.8 Å². The van der Waals surface area contributed by atoms with Gasteiger partial charge in [-0.25, -0.2) is 9.97 Å². The zero-order valence-electron chi connectivity index (χ0n) is 14.8. The molecule has 0 unspecified atom stereocenters. The SMILES string of the molecule is Nc1cccc2c1CCCN2Cc1nc(N)c2c3c(sc2n1)CCCC3. The first-order chi connectivity index (χ1) is 12.7. The maximum absolute atomic E-state index is 6.37. The standard InChI is InChI=1S/C20H23N5S/c21-14-7-3-8-15-12(14)6-4-10-25(15)11-17-23-19(22)18-13-5-1-2-9-16(13)26-20(18)24-17/h3,7-8H,1-2,4-6,9-11,21H2,(H2,22,23,24). The van der Waals surface area contributed by atoms with E-state index in [1.54, 1.807) is 0 Å². The number of aromatic nitrogens is 2. The van der Waals surface area contributed by atoms with Crippen LogP contribution in [0, 0.1) is 0 Å². The smallest absolute Gasteiger partial charge is 0.151 e. The lowest BCUT2D eigenvalue weighted by molar-refractivity contribution is 0.677. The number of anilines is 3. The highest BCUT2D eigenvalue weighted by molar-refractivity contribution is 7.19. The summed E-state index contributed by atoms with van der Waals surface area (Å²) < 4.78 is 0. The molecule has 0 spiro atoms. The topological polar surface area (TPSA) is 81.1 Å². The Morgan fingerprint density at radius 1 is 1.00 bits per heavy atom. The quantitative estimate of drug-likeness (QED) is 0.677. The summed E-state index contributed by atoms with van der Waals surface area (Å²) in [6.07, 6.45) is 6.92. The van der Waals surface area contributed by atoms with Crippen LogP contribution in [0.2, 0.25) is 0 Å². The highest BCUT2D eigenvalue weighted by atomic mass is 32.1. The normalized spacial score (nSPS) is 16.5. The Morgan fingerprint density at radius 3 is 2.77 bits per heavy atom. The molecule has 26 heavy (non-hydrogen) atoms. The van der Waals surface area contributed by atoms with Gasteiger partial charge < -0.3 is 16.4 Å². The predicted molar refractivity (Wildman–Crippen MR) is 109 cm³/mol. The molecular formula is C20H23N5S. The molecule has 0 amide bonds. The maximum Gasteiger partial charge on any atom is 0.151 e. The van der Waals surface area contributed by atoms with Gasteiger partial charge in [-0.1, -0.05) is 6.07 Å². The molecule has 5 nitrogen and oxygen atoms in total. The molecule has 0 saturated carbocycles. The second-order valence-corrected chi connectivity index (χ2v) is 8.37. The van der Waals surface area contributed by atoms with Crippen molar-refractivity contribution in [2.45, 2.75) is 45.1 Å². The van der Waals surface area contributed by atoms with E-state index in [-0.39, 0.29) is 0 Å². The minimum Gasteiger partial charge on any atom is -0.398 e. The fourth-order valence-corrected chi connectivity index (χ4v) is 5.65. The van der Waals surface area contributed by atoms with Crippen molar-refractivity contribution in [3.63, 3.8) is 0 Å². The summed E-state index contributed by atoms with van der Waals surface area (Å²) in [4.78, 5) is 14.4. The van der Waals surface area contributed by atoms with Crippen molar-refractivity contribution in [3.05, 3.63) is 40.0 Å². The molecule has 5 rings (SSSR count). The Hall–Kier alpha value is -2.34. The lowest BCUT2D eigenvalue weighted by atomic mass is 9.97. The van der Waals surface area contributed by atoms with Crippen LogP contribution in [0.1, 0.15) is 41.1 Å². The van der Waals surface area contributed by atoms with Crippen molar-refractivity contribution in [1.29, 1.82) is 0 Å². The largest absolute Gasteiger partial charge is 0.398 e. The van der Waals surface area contributed by atoms with Crippen LogP contribution in [0.25, 0.3) is 10.2 Å². The average molecular weight is 366 g/mol. The third kappa shape index (κ3) is 2.51. The van der Waals surface area contributed by atoms with Crippen molar-refractivity contribution >= 4 is 38.7 Å². The molecule has 134 valence electrons. The molecule has 0 atom stereocenters. The number of nitrogens with zero attached hydrogens (tertiary/aromatic N) is 3. The molecule has 0 saturated heterocycles. The molecular weight excluding hydrogens is 342 g/mol. The molecule has 6 heteroatoms. The van der Waals surface area contributed by atoms with Crippen molar-refractivity contribution in [1.82, 2.24) is 9.97 Å². The first-order valence-electron chi connectivity index (χ1n) is 9.39. The van der Waals surface area contributed by atoms with E-state index in [9.17, 15) is 0 Å². The molecule has 0 fully saturated rings. The highest BCUT2D eigenvalue weighted by Gasteiger charge is 2.23. The molecule has 2 aromatic heterocycles. The monoisotopic (exact) mass is 365 g/mol. The number of benzene rings is 1. The molecule has 1 aliphatic carbocycles. The lowest BCUT2D eigenvalue weighted by Crippen LogP contribution is -2.30. The van der Waals surface area contributed by atoms with Gasteiger partial charge in [0.1, 0.15) is 10.6 Å². The Morgan fingerprint density at radius 2 is 1.85 bits per heavy atom. The van der Waals surface area contributed by atoms with Crippen LogP contribution in [-0.4, -0.2) is 16.5 Å². The first kappa shape index (κ1) is 15.9. The summed E-state index contributed by atoms with van der Waals surface area (Å²) in [6.45, 7) is 1.68. The van der Waals surface area contributed by atoms with E-state index in [1.807, 2.05) is 23.5 Å². The number of rotatable bonds is 2. The third-order valence-corrected chi connectivity index (χ3v) is 6.79. The van der Waals surface area contributed by atoms with Crippen LogP contribution in [0.5, 0.6) is 0 Å². The van der Waals surface area contributed by atoms with Crippen LogP contribution >= 0.6 is 11.3 Å². The van der Waals surface area contributed by atoms with Crippen molar-refractivity contribution in [2.24, 2.45) is 0 Å². The molecule has 3 aromatic rings. The first-order valence-corrected chi connectivity index (χ1v) is 10.2. The van der Waals surface area contributed by atoms with E-state index in [2.05, 4.69) is 16.0 Å². The molecule has 0 radical (unpaired) electrons. The fraction of sp³-hybridized carbons (Fsp3) is 0.400. The van der Waals surface area contributed by atoms with Gasteiger partial charge in [-0.05, 0) is 61.8 Å². The van der Waals surface area contributed by atoms with Gasteiger partial charge in [-0.2, -0.15) is 0 Å². The van der Waals surface area contributed by atoms with E-state index < -0.39 is 0 Å². The number of fused-ring (bicyclic) bond motifs is 4. The summed E-state index contributed by atoms with van der Waals surface area (Å²) in [5.74, 6) is 1.46. The number of thiophene rings is 1. The van der Waals surface area contributed by atoms with Gasteiger partial charge in [-0.15, -0.1) is 11.3 Å². The number of hydrogen-bond donors (Lipinski definition) is 2. The van der Waals surface area contributed by atoms with Gasteiger partial charge in [0.15, 0.2) is 5.82 Å². The van der Waals surface area contributed by atoms with Crippen molar-refractivity contribution < 1.29 is 0 Å². The molecule has 1 aromatic carbocycles. The minimum atomic E-state index is 0.647. The lowest BCUT2D eigenvalue weighted by Gasteiger charge is -2.31. The van der Waals surface area contributed by atoms with Gasteiger partial charge >= 0.3 is 0 Å². The molecule has 3 heterocycles. The van der Waals surface area contributed by atoms with E-state index in [0.717, 1.165) is 54.0 Å². The average Bonchev–Trinajstić information content (AvgIpc) is 3.01. The summed E-state index contributed by atoms with van der Waals surface area (Å²) in [6, 6.07) is 6.16. The maximum atomic E-state index is 6.37. The number of hydrogen-bond acceptors (Lipinski definition) is 6.